The average molecular weight is 291 g/mol. The maximum atomic E-state index is 11.6. The van der Waals surface area contributed by atoms with Crippen LogP contribution in [0, 0.1) is 0 Å². The average Bonchev–Trinajstić information content (AvgIpc) is 2.72. The van der Waals surface area contributed by atoms with Crippen molar-refractivity contribution >= 4 is 34.0 Å². The Kier molecular flexibility index (Phi) is 3.28. The minimum absolute atomic E-state index is 0.329. The molecule has 2 heterocycles. The Balaban J connectivity index is 2.37. The summed E-state index contributed by atoms with van der Waals surface area (Å²) in [6, 6.07) is 5.51. The van der Waals surface area contributed by atoms with Crippen molar-refractivity contribution in [2.75, 3.05) is 13.1 Å². The van der Waals surface area contributed by atoms with Gasteiger partial charge in [-0.05, 0) is 36.7 Å². The van der Waals surface area contributed by atoms with E-state index in [1.54, 1.807) is 17.7 Å². The molecule has 4 nitrogen and oxygen atoms in total. The number of carboxylic acid groups (broad SMARTS) is 1. The molecule has 0 radical (unpaired) electrons. The van der Waals surface area contributed by atoms with Crippen molar-refractivity contribution in [1.29, 1.82) is 0 Å². The monoisotopic (exact) mass is 290 g/mol. The van der Waals surface area contributed by atoms with Gasteiger partial charge in [0.05, 0.1) is 0 Å². The van der Waals surface area contributed by atoms with E-state index in [4.69, 9.17) is 11.6 Å². The Bertz CT molecular complexity index is 731. The van der Waals surface area contributed by atoms with Crippen LogP contribution in [0.15, 0.2) is 24.3 Å². The molecular formula is C15H15ClN2O2. The Morgan fingerprint density at radius 3 is 2.90 bits per heavy atom. The van der Waals surface area contributed by atoms with Crippen molar-refractivity contribution in [2.45, 2.75) is 6.42 Å². The lowest BCUT2D eigenvalue weighted by Crippen LogP contribution is -2.20. The summed E-state index contributed by atoms with van der Waals surface area (Å²) in [4.78, 5) is 11.6. The molecule has 0 unspecified atom stereocenters. The van der Waals surface area contributed by atoms with Gasteiger partial charge in [0.1, 0.15) is 5.69 Å². The lowest BCUT2D eigenvalue weighted by Gasteiger charge is -2.14. The Morgan fingerprint density at radius 2 is 2.25 bits per heavy atom. The molecule has 2 N–H and O–H groups in total. The van der Waals surface area contributed by atoms with Crippen LogP contribution in [0.2, 0.25) is 5.02 Å². The quantitative estimate of drug-likeness (QED) is 0.894. The van der Waals surface area contributed by atoms with Gasteiger partial charge in [0, 0.05) is 35.1 Å². The number of hydrogen-bond acceptors (Lipinski definition) is 2. The molecule has 0 fully saturated rings. The maximum absolute atomic E-state index is 11.6. The summed E-state index contributed by atoms with van der Waals surface area (Å²) in [5, 5.41) is 14.3. The molecular weight excluding hydrogens is 276 g/mol. The minimum Gasteiger partial charge on any atom is -0.477 e. The van der Waals surface area contributed by atoms with Gasteiger partial charge in [0.15, 0.2) is 0 Å². The fourth-order valence-corrected chi connectivity index (χ4v) is 3.01. The van der Waals surface area contributed by atoms with Gasteiger partial charge in [0.2, 0.25) is 0 Å². The third kappa shape index (κ3) is 2.01. The summed E-state index contributed by atoms with van der Waals surface area (Å²) >= 11 is 6.08. The summed E-state index contributed by atoms with van der Waals surface area (Å²) in [6.07, 6.45) is 2.89. The highest BCUT2D eigenvalue weighted by molar-refractivity contribution is 6.31. The Labute approximate surface area is 121 Å². The molecule has 0 bridgehead atoms. The number of hydrogen-bond donors (Lipinski definition) is 2. The predicted molar refractivity (Wildman–Crippen MR) is 80.4 cm³/mol. The van der Waals surface area contributed by atoms with E-state index in [9.17, 15) is 9.90 Å². The zero-order chi connectivity index (χ0) is 14.3. The molecule has 1 aliphatic rings. The van der Waals surface area contributed by atoms with Crippen LogP contribution in [0.25, 0.3) is 16.5 Å². The number of aryl methyl sites for hydroxylation is 1. The van der Waals surface area contributed by atoms with Gasteiger partial charge < -0.3 is 15.0 Å². The van der Waals surface area contributed by atoms with E-state index in [1.165, 1.54) is 0 Å². The zero-order valence-corrected chi connectivity index (χ0v) is 11.9. The highest BCUT2D eigenvalue weighted by Gasteiger charge is 2.23. The van der Waals surface area contributed by atoms with E-state index < -0.39 is 5.97 Å². The molecule has 1 aliphatic heterocycles. The molecule has 0 spiro atoms. The summed E-state index contributed by atoms with van der Waals surface area (Å²) in [7, 11) is 1.78. The van der Waals surface area contributed by atoms with Crippen LogP contribution in [-0.2, 0) is 7.05 Å². The largest absolute Gasteiger partial charge is 0.477 e. The smallest absolute Gasteiger partial charge is 0.353 e. The highest BCUT2D eigenvalue weighted by Crippen LogP contribution is 2.34. The fourth-order valence-electron chi connectivity index (χ4n) is 2.84. The van der Waals surface area contributed by atoms with Gasteiger partial charge in [0.25, 0.3) is 0 Å². The van der Waals surface area contributed by atoms with Crippen molar-refractivity contribution in [3.05, 3.63) is 40.6 Å². The van der Waals surface area contributed by atoms with Crippen LogP contribution in [0.1, 0.15) is 22.5 Å². The van der Waals surface area contributed by atoms with Gasteiger partial charge in [-0.2, -0.15) is 0 Å². The van der Waals surface area contributed by atoms with Crippen molar-refractivity contribution in [3.8, 4) is 0 Å². The standard InChI is InChI=1S/C15H15ClN2O2/c1-18-12-3-2-10(16)8-11(12)13(14(18)15(19)20)9-4-6-17-7-5-9/h2-4,8,17H,5-7H2,1H3,(H,19,20). The lowest BCUT2D eigenvalue weighted by atomic mass is 9.97. The normalized spacial score (nSPS) is 15.4. The number of fused-ring (bicyclic) bond motifs is 1. The third-order valence-corrected chi connectivity index (χ3v) is 3.98. The fraction of sp³-hybridized carbons (Fsp3) is 0.267. The van der Waals surface area contributed by atoms with Crippen molar-refractivity contribution in [3.63, 3.8) is 0 Å². The molecule has 104 valence electrons. The number of aromatic carboxylic acids is 1. The van der Waals surface area contributed by atoms with E-state index in [2.05, 4.69) is 11.4 Å². The minimum atomic E-state index is -0.908. The van der Waals surface area contributed by atoms with Gasteiger partial charge in [-0.15, -0.1) is 0 Å². The predicted octanol–water partition coefficient (Wildman–Crippen LogP) is 2.91. The number of halogens is 1. The Morgan fingerprint density at radius 1 is 1.45 bits per heavy atom. The molecule has 1 aromatic heterocycles. The van der Waals surface area contributed by atoms with Crippen molar-refractivity contribution in [2.24, 2.45) is 7.05 Å². The number of rotatable bonds is 2. The first-order valence-electron chi connectivity index (χ1n) is 6.51. The van der Waals surface area contributed by atoms with Crippen LogP contribution in [-0.4, -0.2) is 28.7 Å². The number of benzene rings is 1. The molecule has 5 heteroatoms. The van der Waals surface area contributed by atoms with Gasteiger partial charge in [-0.1, -0.05) is 17.7 Å². The molecule has 0 amide bonds. The van der Waals surface area contributed by atoms with E-state index >= 15 is 0 Å². The van der Waals surface area contributed by atoms with Gasteiger partial charge in [-0.3, -0.25) is 0 Å². The van der Waals surface area contributed by atoms with Crippen LogP contribution >= 0.6 is 11.6 Å². The lowest BCUT2D eigenvalue weighted by molar-refractivity contribution is 0.0686. The molecule has 2 aromatic rings. The van der Waals surface area contributed by atoms with Crippen molar-refractivity contribution < 1.29 is 9.90 Å². The summed E-state index contributed by atoms with van der Waals surface area (Å²) < 4.78 is 1.73. The number of carboxylic acids is 1. The molecule has 0 aliphatic carbocycles. The van der Waals surface area contributed by atoms with Crippen LogP contribution < -0.4 is 5.32 Å². The molecule has 0 saturated heterocycles. The summed E-state index contributed by atoms with van der Waals surface area (Å²) in [5.74, 6) is -0.908. The van der Waals surface area contributed by atoms with Gasteiger partial charge in [-0.25, -0.2) is 4.79 Å². The van der Waals surface area contributed by atoms with E-state index in [0.717, 1.165) is 41.5 Å². The maximum Gasteiger partial charge on any atom is 0.353 e. The molecule has 0 atom stereocenters. The van der Waals surface area contributed by atoms with E-state index in [1.807, 2.05) is 12.1 Å². The first kappa shape index (κ1) is 13.2. The second-order valence-electron chi connectivity index (χ2n) is 4.93. The topological polar surface area (TPSA) is 54.3 Å². The second kappa shape index (κ2) is 4.96. The molecule has 3 rings (SSSR count). The van der Waals surface area contributed by atoms with E-state index in [-0.39, 0.29) is 0 Å². The van der Waals surface area contributed by atoms with E-state index in [0.29, 0.717) is 10.7 Å². The molecule has 0 saturated carbocycles. The molecule has 20 heavy (non-hydrogen) atoms. The summed E-state index contributed by atoms with van der Waals surface area (Å²) in [6.45, 7) is 1.63. The zero-order valence-electron chi connectivity index (χ0n) is 11.1. The number of carbonyl (C=O) groups is 1. The SMILES string of the molecule is Cn1c(C(=O)O)c(C2=CCNCC2)c2cc(Cl)ccc21. The van der Waals surface area contributed by atoms with Crippen LogP contribution in [0.5, 0.6) is 0 Å². The number of nitrogens with zero attached hydrogens (tertiary/aromatic N) is 1. The second-order valence-corrected chi connectivity index (χ2v) is 5.37. The van der Waals surface area contributed by atoms with Crippen LogP contribution in [0.4, 0.5) is 0 Å². The number of aromatic nitrogens is 1. The first-order valence-corrected chi connectivity index (χ1v) is 6.88. The third-order valence-electron chi connectivity index (χ3n) is 3.75. The first-order chi connectivity index (χ1) is 9.59. The van der Waals surface area contributed by atoms with Crippen LogP contribution in [0.3, 0.4) is 0 Å². The summed E-state index contributed by atoms with van der Waals surface area (Å²) in [5.41, 5.74) is 3.10. The van der Waals surface area contributed by atoms with Crippen molar-refractivity contribution in [1.82, 2.24) is 9.88 Å². The van der Waals surface area contributed by atoms with Gasteiger partial charge >= 0.3 is 5.97 Å². The number of nitrogens with one attached hydrogen (secondary N) is 1. The Hall–Kier alpha value is -1.78. The highest BCUT2D eigenvalue weighted by atomic mass is 35.5. The molecule has 1 aromatic carbocycles.